The maximum absolute atomic E-state index is 12.7. The molecule has 0 saturated carbocycles. The summed E-state index contributed by atoms with van der Waals surface area (Å²) in [5.41, 5.74) is 0.414. The number of nitrogens with one attached hydrogen (secondary N) is 2. The number of hydrogen-bond donors (Lipinski definition) is 2. The van der Waals surface area contributed by atoms with Crippen molar-refractivity contribution in [3.63, 3.8) is 0 Å². The van der Waals surface area contributed by atoms with Crippen molar-refractivity contribution in [3.8, 4) is 0 Å². The molecule has 0 saturated heterocycles. The molecule has 2 amide bonds. The summed E-state index contributed by atoms with van der Waals surface area (Å²) in [6, 6.07) is 14.7. The van der Waals surface area contributed by atoms with E-state index < -0.39 is 17.6 Å². The molecular formula is C21H15F3N2O2S. The van der Waals surface area contributed by atoms with Gasteiger partial charge >= 0.3 is 6.18 Å². The number of carbonyl (C=O) groups is 2. The number of benzene rings is 2. The van der Waals surface area contributed by atoms with Crippen LogP contribution in [0.2, 0.25) is 0 Å². The van der Waals surface area contributed by atoms with Crippen molar-refractivity contribution in [3.05, 3.63) is 88.1 Å². The predicted octanol–water partition coefficient (Wildman–Crippen LogP) is 5.67. The summed E-state index contributed by atoms with van der Waals surface area (Å²) in [7, 11) is 0. The minimum atomic E-state index is -4.44. The Labute approximate surface area is 168 Å². The molecule has 0 atom stereocenters. The molecule has 3 rings (SSSR count). The summed E-state index contributed by atoms with van der Waals surface area (Å²) in [5, 5.41) is 7.13. The average molecular weight is 416 g/mol. The Morgan fingerprint density at radius 2 is 1.62 bits per heavy atom. The van der Waals surface area contributed by atoms with E-state index in [1.165, 1.54) is 29.5 Å². The van der Waals surface area contributed by atoms with Crippen LogP contribution in [0.1, 0.15) is 20.8 Å². The SMILES string of the molecule is O=C(/C=C/c1cccc(C(F)(F)F)c1)Nc1cccc(NC(=O)c2cccs2)c1. The number of alkyl halides is 3. The second-order valence-electron chi connectivity index (χ2n) is 5.96. The summed E-state index contributed by atoms with van der Waals surface area (Å²) in [5.74, 6) is -0.767. The van der Waals surface area contributed by atoms with Crippen LogP contribution in [-0.4, -0.2) is 11.8 Å². The van der Waals surface area contributed by atoms with Crippen molar-refractivity contribution in [2.24, 2.45) is 0 Å². The van der Waals surface area contributed by atoms with E-state index in [0.717, 1.165) is 18.2 Å². The molecule has 1 heterocycles. The van der Waals surface area contributed by atoms with Crippen LogP contribution >= 0.6 is 11.3 Å². The summed E-state index contributed by atoms with van der Waals surface area (Å²) in [6.45, 7) is 0. The van der Waals surface area contributed by atoms with Gasteiger partial charge in [0.25, 0.3) is 5.91 Å². The average Bonchev–Trinajstić information content (AvgIpc) is 3.21. The van der Waals surface area contributed by atoms with Gasteiger partial charge in [-0.25, -0.2) is 0 Å². The molecule has 2 aromatic carbocycles. The lowest BCUT2D eigenvalue weighted by Crippen LogP contribution is -2.11. The number of amides is 2. The third-order valence-electron chi connectivity index (χ3n) is 3.77. The normalized spacial score (nSPS) is 11.4. The minimum Gasteiger partial charge on any atom is -0.322 e. The first-order valence-corrected chi connectivity index (χ1v) is 9.30. The lowest BCUT2D eigenvalue weighted by atomic mass is 10.1. The van der Waals surface area contributed by atoms with Crippen LogP contribution in [0.3, 0.4) is 0 Å². The van der Waals surface area contributed by atoms with Gasteiger partial charge in [-0.15, -0.1) is 11.3 Å². The molecule has 0 spiro atoms. The summed E-state index contributed by atoms with van der Waals surface area (Å²) in [4.78, 5) is 24.7. The van der Waals surface area contributed by atoms with E-state index in [4.69, 9.17) is 0 Å². The van der Waals surface area contributed by atoms with E-state index in [1.807, 2.05) is 0 Å². The van der Waals surface area contributed by atoms with Gasteiger partial charge in [-0.05, 0) is 53.4 Å². The molecule has 29 heavy (non-hydrogen) atoms. The number of thiophene rings is 1. The van der Waals surface area contributed by atoms with Crippen molar-refractivity contribution >= 4 is 40.6 Å². The van der Waals surface area contributed by atoms with Crippen LogP contribution in [0.15, 0.2) is 72.1 Å². The van der Waals surface area contributed by atoms with Gasteiger partial charge in [0.15, 0.2) is 0 Å². The fourth-order valence-electron chi connectivity index (χ4n) is 2.45. The molecule has 0 aliphatic carbocycles. The number of halogens is 3. The summed E-state index contributed by atoms with van der Waals surface area (Å²) < 4.78 is 38.2. The van der Waals surface area contributed by atoms with Gasteiger partial charge in [-0.3, -0.25) is 9.59 Å². The van der Waals surface area contributed by atoms with Gasteiger partial charge in [0.2, 0.25) is 5.91 Å². The summed E-state index contributed by atoms with van der Waals surface area (Å²) in [6.07, 6.45) is -2.00. The van der Waals surface area contributed by atoms with Crippen molar-refractivity contribution in [2.45, 2.75) is 6.18 Å². The first kappa shape index (κ1) is 20.3. The van der Waals surface area contributed by atoms with Gasteiger partial charge in [0.1, 0.15) is 0 Å². The van der Waals surface area contributed by atoms with E-state index in [2.05, 4.69) is 10.6 Å². The zero-order valence-corrected chi connectivity index (χ0v) is 15.7. The number of rotatable bonds is 5. The van der Waals surface area contributed by atoms with Crippen LogP contribution in [0.4, 0.5) is 24.5 Å². The lowest BCUT2D eigenvalue weighted by Gasteiger charge is -2.07. The van der Waals surface area contributed by atoms with Gasteiger partial charge in [0, 0.05) is 17.5 Å². The van der Waals surface area contributed by atoms with Gasteiger partial charge in [-0.1, -0.05) is 24.3 Å². The zero-order valence-electron chi connectivity index (χ0n) is 14.9. The Kier molecular flexibility index (Phi) is 6.13. The van der Waals surface area contributed by atoms with Crippen LogP contribution < -0.4 is 10.6 Å². The zero-order chi connectivity index (χ0) is 20.9. The molecule has 0 radical (unpaired) electrons. The largest absolute Gasteiger partial charge is 0.416 e. The molecule has 0 unspecified atom stereocenters. The Morgan fingerprint density at radius 3 is 2.31 bits per heavy atom. The molecule has 0 aliphatic rings. The van der Waals surface area contributed by atoms with Crippen molar-refractivity contribution in [2.75, 3.05) is 10.6 Å². The van der Waals surface area contributed by atoms with E-state index in [0.29, 0.717) is 16.3 Å². The molecular weight excluding hydrogens is 401 g/mol. The molecule has 0 fully saturated rings. The molecule has 1 aromatic heterocycles. The molecule has 0 bridgehead atoms. The molecule has 8 heteroatoms. The minimum absolute atomic E-state index is 0.256. The number of hydrogen-bond acceptors (Lipinski definition) is 3. The lowest BCUT2D eigenvalue weighted by molar-refractivity contribution is -0.137. The highest BCUT2D eigenvalue weighted by Crippen LogP contribution is 2.29. The Hall–Kier alpha value is -3.39. The highest BCUT2D eigenvalue weighted by atomic mass is 32.1. The molecule has 4 nitrogen and oxygen atoms in total. The predicted molar refractivity (Wildman–Crippen MR) is 108 cm³/mol. The van der Waals surface area contributed by atoms with E-state index in [-0.39, 0.29) is 11.5 Å². The first-order chi connectivity index (χ1) is 13.8. The first-order valence-electron chi connectivity index (χ1n) is 8.42. The second-order valence-corrected chi connectivity index (χ2v) is 6.91. The smallest absolute Gasteiger partial charge is 0.322 e. The highest BCUT2D eigenvalue weighted by Gasteiger charge is 2.30. The highest BCUT2D eigenvalue weighted by molar-refractivity contribution is 7.12. The monoisotopic (exact) mass is 416 g/mol. The Bertz CT molecular complexity index is 1040. The molecule has 0 aliphatic heterocycles. The molecule has 3 aromatic rings. The van der Waals surface area contributed by atoms with Gasteiger partial charge in [0.05, 0.1) is 10.4 Å². The summed E-state index contributed by atoms with van der Waals surface area (Å²) >= 11 is 1.31. The Balaban J connectivity index is 1.64. The van der Waals surface area contributed by atoms with E-state index >= 15 is 0 Å². The van der Waals surface area contributed by atoms with Gasteiger partial charge in [-0.2, -0.15) is 13.2 Å². The molecule has 2 N–H and O–H groups in total. The third-order valence-corrected chi connectivity index (χ3v) is 4.64. The van der Waals surface area contributed by atoms with Crippen LogP contribution in [0, 0.1) is 0 Å². The van der Waals surface area contributed by atoms with Crippen LogP contribution in [0.25, 0.3) is 6.08 Å². The fraction of sp³-hybridized carbons (Fsp3) is 0.0476. The second kappa shape index (κ2) is 8.74. The molecule has 148 valence electrons. The third kappa shape index (κ3) is 5.79. The van der Waals surface area contributed by atoms with E-state index in [9.17, 15) is 22.8 Å². The maximum atomic E-state index is 12.7. The standard InChI is InChI=1S/C21H15F3N2O2S/c22-21(23,24)15-5-1-4-14(12-15)9-10-19(27)25-16-6-2-7-17(13-16)26-20(28)18-8-3-11-29-18/h1-13H,(H,25,27)(H,26,28)/b10-9+. The quantitative estimate of drug-likeness (QED) is 0.527. The van der Waals surface area contributed by atoms with Crippen molar-refractivity contribution in [1.82, 2.24) is 0 Å². The number of anilines is 2. The van der Waals surface area contributed by atoms with Crippen molar-refractivity contribution in [1.29, 1.82) is 0 Å². The van der Waals surface area contributed by atoms with E-state index in [1.54, 1.807) is 41.8 Å². The van der Waals surface area contributed by atoms with Crippen LogP contribution in [-0.2, 0) is 11.0 Å². The number of carbonyl (C=O) groups excluding carboxylic acids is 2. The Morgan fingerprint density at radius 1 is 0.897 bits per heavy atom. The maximum Gasteiger partial charge on any atom is 0.416 e. The fourth-order valence-corrected chi connectivity index (χ4v) is 3.07. The van der Waals surface area contributed by atoms with Crippen LogP contribution in [0.5, 0.6) is 0 Å². The topological polar surface area (TPSA) is 58.2 Å². The van der Waals surface area contributed by atoms with Crippen molar-refractivity contribution < 1.29 is 22.8 Å². The van der Waals surface area contributed by atoms with Gasteiger partial charge < -0.3 is 10.6 Å².